The molecule has 0 bridgehead atoms. The van der Waals surface area contributed by atoms with Gasteiger partial charge in [-0.25, -0.2) is 0 Å². The van der Waals surface area contributed by atoms with Crippen molar-refractivity contribution in [1.82, 2.24) is 4.90 Å². The molecule has 0 spiro atoms. The molecule has 1 aromatic carbocycles. The van der Waals surface area contributed by atoms with Gasteiger partial charge in [-0.2, -0.15) is 5.26 Å². The van der Waals surface area contributed by atoms with Crippen LogP contribution in [0.4, 0.5) is 5.69 Å². The third-order valence-electron chi connectivity index (χ3n) is 2.89. The van der Waals surface area contributed by atoms with E-state index >= 15 is 0 Å². The first-order valence-corrected chi connectivity index (χ1v) is 6.82. The summed E-state index contributed by atoms with van der Waals surface area (Å²) in [5.41, 5.74) is 1.16. The van der Waals surface area contributed by atoms with Crippen LogP contribution in [0.25, 0.3) is 0 Å². The molecule has 0 heterocycles. The third-order valence-corrected chi connectivity index (χ3v) is 2.89. The van der Waals surface area contributed by atoms with E-state index in [1.54, 1.807) is 24.3 Å². The van der Waals surface area contributed by atoms with Gasteiger partial charge in [0.05, 0.1) is 18.2 Å². The number of amides is 1. The molecule has 108 valence electrons. The monoisotopic (exact) mass is 275 g/mol. The zero-order chi connectivity index (χ0) is 14.8. The van der Waals surface area contributed by atoms with Crippen molar-refractivity contribution in [3.63, 3.8) is 0 Å². The highest BCUT2D eigenvalue weighted by Crippen LogP contribution is 2.10. The molecule has 0 atom stereocenters. The number of nitriles is 1. The van der Waals surface area contributed by atoms with Crippen LogP contribution in [0.1, 0.15) is 25.3 Å². The van der Waals surface area contributed by atoms with Crippen LogP contribution in [-0.2, 0) is 4.79 Å². The molecule has 0 aromatic heterocycles. The Bertz CT molecular complexity index is 462. The minimum Gasteiger partial charge on any atom is -0.395 e. The van der Waals surface area contributed by atoms with Crippen LogP contribution in [0.15, 0.2) is 24.3 Å². The average molecular weight is 275 g/mol. The molecule has 0 unspecified atom stereocenters. The number of carbonyl (C=O) groups excluding carboxylic acids is 1. The van der Waals surface area contributed by atoms with Gasteiger partial charge in [-0.15, -0.1) is 0 Å². The van der Waals surface area contributed by atoms with E-state index in [4.69, 9.17) is 10.4 Å². The van der Waals surface area contributed by atoms with E-state index in [2.05, 4.69) is 17.1 Å². The number of hydrogen-bond acceptors (Lipinski definition) is 4. The van der Waals surface area contributed by atoms with Crippen molar-refractivity contribution in [2.75, 3.05) is 31.6 Å². The SMILES string of the molecule is CCCN(CCO)CCC(=O)Nc1cccc(C#N)c1. The van der Waals surface area contributed by atoms with E-state index < -0.39 is 0 Å². The number of nitrogens with one attached hydrogen (secondary N) is 1. The van der Waals surface area contributed by atoms with Gasteiger partial charge in [0.1, 0.15) is 0 Å². The highest BCUT2D eigenvalue weighted by atomic mass is 16.3. The molecular weight excluding hydrogens is 254 g/mol. The number of rotatable bonds is 8. The summed E-state index contributed by atoms with van der Waals surface area (Å²) in [4.78, 5) is 13.9. The lowest BCUT2D eigenvalue weighted by Crippen LogP contribution is -2.31. The van der Waals surface area contributed by atoms with Crippen LogP contribution >= 0.6 is 0 Å². The normalized spacial score (nSPS) is 10.3. The smallest absolute Gasteiger partial charge is 0.225 e. The molecule has 0 aliphatic carbocycles. The van der Waals surface area contributed by atoms with Gasteiger partial charge in [0, 0.05) is 25.2 Å². The molecular formula is C15H21N3O2. The van der Waals surface area contributed by atoms with Crippen molar-refractivity contribution < 1.29 is 9.90 Å². The number of carbonyl (C=O) groups is 1. The summed E-state index contributed by atoms with van der Waals surface area (Å²) in [5.74, 6) is -0.0841. The zero-order valence-corrected chi connectivity index (χ0v) is 11.8. The van der Waals surface area contributed by atoms with E-state index in [1.165, 1.54) is 0 Å². The summed E-state index contributed by atoms with van der Waals surface area (Å²) < 4.78 is 0. The van der Waals surface area contributed by atoms with E-state index in [9.17, 15) is 4.79 Å². The summed E-state index contributed by atoms with van der Waals surface area (Å²) in [6, 6.07) is 8.88. The first kappa shape index (κ1) is 16.2. The third kappa shape index (κ3) is 5.83. The Kier molecular flexibility index (Phi) is 7.33. The van der Waals surface area contributed by atoms with Crippen LogP contribution in [-0.4, -0.2) is 42.2 Å². The Hall–Kier alpha value is -1.90. The Morgan fingerprint density at radius 2 is 2.20 bits per heavy atom. The molecule has 0 saturated carbocycles. The minimum absolute atomic E-state index is 0.0841. The second-order valence-electron chi connectivity index (χ2n) is 4.56. The fourth-order valence-electron chi connectivity index (χ4n) is 1.94. The summed E-state index contributed by atoms with van der Waals surface area (Å²) in [6.07, 6.45) is 1.36. The van der Waals surface area contributed by atoms with Crippen molar-refractivity contribution in [2.45, 2.75) is 19.8 Å². The van der Waals surface area contributed by atoms with Crippen LogP contribution in [0, 0.1) is 11.3 Å². The lowest BCUT2D eigenvalue weighted by molar-refractivity contribution is -0.116. The topological polar surface area (TPSA) is 76.4 Å². The quantitative estimate of drug-likeness (QED) is 0.755. The summed E-state index contributed by atoms with van der Waals surface area (Å²) >= 11 is 0. The van der Waals surface area contributed by atoms with E-state index in [0.717, 1.165) is 13.0 Å². The van der Waals surface area contributed by atoms with Crippen LogP contribution < -0.4 is 5.32 Å². The minimum atomic E-state index is -0.0841. The van der Waals surface area contributed by atoms with E-state index in [0.29, 0.717) is 30.8 Å². The van der Waals surface area contributed by atoms with Gasteiger partial charge >= 0.3 is 0 Å². The summed E-state index contributed by atoms with van der Waals surface area (Å²) in [7, 11) is 0. The Morgan fingerprint density at radius 1 is 1.40 bits per heavy atom. The molecule has 0 radical (unpaired) electrons. The van der Waals surface area contributed by atoms with Crippen LogP contribution in [0.5, 0.6) is 0 Å². The van der Waals surface area contributed by atoms with Crippen molar-refractivity contribution in [3.05, 3.63) is 29.8 Å². The largest absolute Gasteiger partial charge is 0.395 e. The maximum absolute atomic E-state index is 11.8. The van der Waals surface area contributed by atoms with Crippen molar-refractivity contribution in [2.24, 2.45) is 0 Å². The fraction of sp³-hybridized carbons (Fsp3) is 0.467. The van der Waals surface area contributed by atoms with Crippen LogP contribution in [0.2, 0.25) is 0 Å². The lowest BCUT2D eigenvalue weighted by Gasteiger charge is -2.19. The number of benzene rings is 1. The number of aliphatic hydroxyl groups excluding tert-OH is 1. The van der Waals surface area contributed by atoms with Gasteiger partial charge in [-0.05, 0) is 31.2 Å². The standard InChI is InChI=1S/C15H21N3O2/c1-2-7-18(9-10-19)8-6-15(20)17-14-5-3-4-13(11-14)12-16/h3-5,11,19H,2,6-10H2,1H3,(H,17,20). The maximum Gasteiger partial charge on any atom is 0.225 e. The van der Waals surface area contributed by atoms with Gasteiger partial charge in [-0.3, -0.25) is 4.79 Å². The average Bonchev–Trinajstić information content (AvgIpc) is 2.45. The highest BCUT2D eigenvalue weighted by molar-refractivity contribution is 5.90. The first-order valence-electron chi connectivity index (χ1n) is 6.82. The van der Waals surface area contributed by atoms with E-state index in [1.807, 2.05) is 6.07 Å². The van der Waals surface area contributed by atoms with E-state index in [-0.39, 0.29) is 12.5 Å². The summed E-state index contributed by atoms with van der Waals surface area (Å²) in [5, 5.41) is 20.5. The van der Waals surface area contributed by atoms with Gasteiger partial charge in [0.2, 0.25) is 5.91 Å². The van der Waals surface area contributed by atoms with Crippen LogP contribution in [0.3, 0.4) is 0 Å². The molecule has 2 N–H and O–H groups in total. The molecule has 5 nitrogen and oxygen atoms in total. The van der Waals surface area contributed by atoms with Gasteiger partial charge in [0.25, 0.3) is 0 Å². The molecule has 1 aromatic rings. The molecule has 0 fully saturated rings. The molecule has 1 amide bonds. The maximum atomic E-state index is 11.8. The molecule has 0 saturated heterocycles. The molecule has 0 aliphatic heterocycles. The van der Waals surface area contributed by atoms with Crippen molar-refractivity contribution >= 4 is 11.6 Å². The van der Waals surface area contributed by atoms with Gasteiger partial charge in [-0.1, -0.05) is 13.0 Å². The molecule has 20 heavy (non-hydrogen) atoms. The first-order chi connectivity index (χ1) is 9.69. The molecule has 1 rings (SSSR count). The zero-order valence-electron chi connectivity index (χ0n) is 11.8. The highest BCUT2D eigenvalue weighted by Gasteiger charge is 2.07. The Labute approximate surface area is 119 Å². The predicted molar refractivity (Wildman–Crippen MR) is 78.2 cm³/mol. The van der Waals surface area contributed by atoms with Gasteiger partial charge < -0.3 is 15.3 Å². The lowest BCUT2D eigenvalue weighted by atomic mass is 10.2. The number of nitrogens with zero attached hydrogens (tertiary/aromatic N) is 2. The summed E-state index contributed by atoms with van der Waals surface area (Å²) in [6.45, 7) is 4.25. The second-order valence-corrected chi connectivity index (χ2v) is 4.56. The number of aliphatic hydroxyl groups is 1. The van der Waals surface area contributed by atoms with Crippen molar-refractivity contribution in [3.8, 4) is 6.07 Å². The second kappa shape index (κ2) is 9.08. The number of anilines is 1. The Balaban J connectivity index is 2.44. The fourth-order valence-corrected chi connectivity index (χ4v) is 1.94. The Morgan fingerprint density at radius 3 is 2.85 bits per heavy atom. The molecule has 0 aliphatic rings. The van der Waals surface area contributed by atoms with Crippen molar-refractivity contribution in [1.29, 1.82) is 5.26 Å². The number of hydrogen-bond donors (Lipinski definition) is 2. The predicted octanol–water partition coefficient (Wildman–Crippen LogP) is 1.59. The molecule has 5 heteroatoms. The van der Waals surface area contributed by atoms with Gasteiger partial charge in [0.15, 0.2) is 0 Å².